The van der Waals surface area contributed by atoms with Crippen molar-refractivity contribution in [3.63, 3.8) is 0 Å². The second kappa shape index (κ2) is 39.5. The van der Waals surface area contributed by atoms with Gasteiger partial charge in [0.15, 0.2) is 5.78 Å². The number of hydrogen-bond acceptors (Lipinski definition) is 13. The number of aryl methyl sites for hydroxylation is 3. The first-order valence-electron chi connectivity index (χ1n) is 46.2. The highest BCUT2D eigenvalue weighted by atomic mass is 16.5. The molecule has 8 heterocycles. The van der Waals surface area contributed by atoms with Crippen LogP contribution in [0.25, 0.3) is 96.9 Å². The molecular formula is C112H118N16O4. The van der Waals surface area contributed by atoms with Gasteiger partial charge in [0.25, 0.3) is 0 Å². The standard InChI is InChI=1S/C23H22N2.C21H20N2.C18H20N2.C17H19N3O.C16H20N4.C16H17N3O.CO2/c1-15-13-20-9-10-21(14-22(20)16(15)2)25-23(11-12-24-25)19-7-5-18(6-8-19)17-3-4-17;1-14-4-6-17(7-5-14)21-10-11-22-23(21)19-9-8-18-12-15(2)16(3)20(18)13-19;1-13-10-15-6-7-17(12-16(15)11-13)20-18(8-9-19-20)14-4-2-3-5-14;1-2-14-4-5-16(12-15(14)3-1)20-17(6-7-18-20)13-19-8-10-21-11-9-19;1-11-9-12-10-13(5-6-14(12)19(11)4)20-15(7-8-18-20)16(2,3)17;1-10-7-12-3-4-14(9-13(12)8-10)19-15(5-6-18-19)16(17)11(2)20;2-1-3/h5-12,14,17H,3-4,13H2,1-2H3;4-11,13H,12H2,1-3H3;6-9,11-12,14H,2-5,10H2,1H3;1,3-7,12H,2,8-11,13H2;5-10H,17H2,1-4H3;3-6,8-9,16H,7,17H2,1-2H3;. The second-order valence-electron chi connectivity index (χ2n) is 37.0. The third kappa shape index (κ3) is 19.9. The number of allylic oxidation sites excluding steroid dienone is 7. The molecule has 7 aliphatic carbocycles. The lowest BCUT2D eigenvalue weighted by molar-refractivity contribution is -0.191. The van der Waals surface area contributed by atoms with Crippen molar-refractivity contribution in [1.29, 1.82) is 0 Å². The van der Waals surface area contributed by atoms with Gasteiger partial charge in [-0.25, -0.2) is 28.1 Å². The number of hydrogen-bond donors (Lipinski definition) is 2. The molecule has 15 aromatic rings. The van der Waals surface area contributed by atoms with Crippen LogP contribution in [-0.4, -0.2) is 106 Å². The first kappa shape index (κ1) is 90.1. The Balaban J connectivity index is 0.000000110. The molecule has 1 saturated heterocycles. The highest BCUT2D eigenvalue weighted by Gasteiger charge is 2.28. The molecule has 8 aliphatic rings. The van der Waals surface area contributed by atoms with E-state index < -0.39 is 11.6 Å². The second-order valence-corrected chi connectivity index (χ2v) is 37.0. The molecule has 20 nitrogen and oxygen atoms in total. The molecule has 1 unspecified atom stereocenters. The molecule has 20 heteroatoms. The molecule has 8 aromatic carbocycles. The molecule has 132 heavy (non-hydrogen) atoms. The number of nitrogens with two attached hydrogens (primary N) is 2. The van der Waals surface area contributed by atoms with Crippen LogP contribution in [0, 0.1) is 13.8 Å². The molecular weight excluding hydrogens is 1630 g/mol. The van der Waals surface area contributed by atoms with Gasteiger partial charge < -0.3 is 20.8 Å². The van der Waals surface area contributed by atoms with Crippen LogP contribution < -0.4 is 11.5 Å². The molecule has 0 amide bonds. The predicted molar refractivity (Wildman–Crippen MR) is 529 cm³/mol. The maximum Gasteiger partial charge on any atom is 0.373 e. The van der Waals surface area contributed by atoms with E-state index in [0.717, 1.165) is 122 Å². The zero-order valence-corrected chi connectivity index (χ0v) is 77.9. The number of fused-ring (bicyclic) bond motifs is 6. The summed E-state index contributed by atoms with van der Waals surface area (Å²) < 4.78 is 19.6. The molecule has 2 saturated carbocycles. The number of ether oxygens (including phenoxy) is 1. The van der Waals surface area contributed by atoms with E-state index in [2.05, 4.69) is 323 Å². The van der Waals surface area contributed by atoms with Crippen molar-refractivity contribution in [3.8, 4) is 56.6 Å². The van der Waals surface area contributed by atoms with Gasteiger partial charge in [-0.2, -0.15) is 40.2 Å². The zero-order chi connectivity index (χ0) is 92.0. The Morgan fingerprint density at radius 2 is 0.962 bits per heavy atom. The van der Waals surface area contributed by atoms with Gasteiger partial charge in [0.1, 0.15) is 6.04 Å². The molecule has 3 fully saturated rings. The number of nitrogens with zero attached hydrogens (tertiary/aromatic N) is 14. The monoisotopic (exact) mass is 1750 g/mol. The lowest BCUT2D eigenvalue weighted by atomic mass is 10.0. The van der Waals surface area contributed by atoms with Crippen LogP contribution in [0.15, 0.2) is 266 Å². The van der Waals surface area contributed by atoms with Gasteiger partial charge in [0, 0.05) is 90.8 Å². The third-order valence-corrected chi connectivity index (χ3v) is 27.0. The minimum absolute atomic E-state index is 0.0661. The Morgan fingerprint density at radius 1 is 0.485 bits per heavy atom. The summed E-state index contributed by atoms with van der Waals surface area (Å²) in [5.41, 5.74) is 54.9. The maximum atomic E-state index is 11.5. The molecule has 0 bridgehead atoms. The van der Waals surface area contributed by atoms with E-state index in [1.165, 1.54) is 190 Å². The smallest absolute Gasteiger partial charge is 0.373 e. The van der Waals surface area contributed by atoms with Crippen molar-refractivity contribution in [2.24, 2.45) is 18.5 Å². The number of benzene rings is 8. The number of morpholine rings is 1. The fourth-order valence-electron chi connectivity index (χ4n) is 19.1. The molecule has 23 rings (SSSR count). The van der Waals surface area contributed by atoms with Gasteiger partial charge in [-0.05, 0) is 334 Å². The first-order chi connectivity index (χ1) is 63.9. The summed E-state index contributed by atoms with van der Waals surface area (Å²) in [7, 11) is 2.08. The highest BCUT2D eigenvalue weighted by molar-refractivity contribution is 5.84. The Morgan fingerprint density at radius 3 is 1.55 bits per heavy atom. The lowest BCUT2D eigenvalue weighted by Crippen LogP contribution is -2.36. The summed E-state index contributed by atoms with van der Waals surface area (Å²) in [5, 5.41) is 28.2. The summed E-state index contributed by atoms with van der Waals surface area (Å²) in [6.07, 6.45) is 33.6. The largest absolute Gasteiger partial charge is 0.379 e. The zero-order valence-electron chi connectivity index (χ0n) is 77.9. The molecule has 1 aliphatic heterocycles. The third-order valence-electron chi connectivity index (χ3n) is 27.0. The number of carbonyl (C=O) groups excluding carboxylic acids is 3. The predicted octanol–water partition coefficient (Wildman–Crippen LogP) is 22.4. The van der Waals surface area contributed by atoms with Crippen LogP contribution in [0.5, 0.6) is 0 Å². The van der Waals surface area contributed by atoms with Crippen molar-refractivity contribution >= 4 is 52.2 Å². The van der Waals surface area contributed by atoms with Crippen molar-refractivity contribution < 1.29 is 19.1 Å². The molecule has 0 radical (unpaired) electrons. The van der Waals surface area contributed by atoms with Crippen LogP contribution in [0.1, 0.15) is 214 Å². The number of aromatic nitrogens is 13. The minimum atomic E-state index is -0.636. The first-order valence-corrected chi connectivity index (χ1v) is 46.2. The Bertz CT molecular complexity index is 6950. The molecule has 0 spiro atoms. The van der Waals surface area contributed by atoms with Crippen molar-refractivity contribution in [2.75, 3.05) is 26.3 Å². The summed E-state index contributed by atoms with van der Waals surface area (Å²) in [4.78, 5) is 30.2. The average Bonchev–Trinajstić information content (AvgIpc) is 1.63. The van der Waals surface area contributed by atoms with Crippen LogP contribution in [0.4, 0.5) is 0 Å². The van der Waals surface area contributed by atoms with Gasteiger partial charge >= 0.3 is 6.15 Å². The molecule has 4 N–H and O–H groups in total. The van der Waals surface area contributed by atoms with Crippen molar-refractivity contribution in [1.82, 2.24) is 68.1 Å². The topological polar surface area (TPSA) is 228 Å². The summed E-state index contributed by atoms with van der Waals surface area (Å²) in [6, 6.07) is 70.9. The van der Waals surface area contributed by atoms with Crippen LogP contribution in [0.3, 0.4) is 0 Å². The van der Waals surface area contributed by atoms with Gasteiger partial charge in [0.2, 0.25) is 0 Å². The van der Waals surface area contributed by atoms with Crippen molar-refractivity contribution in [3.05, 3.63) is 361 Å². The fourth-order valence-corrected chi connectivity index (χ4v) is 19.1. The number of carbonyl (C=O) groups is 1. The molecule has 7 aromatic heterocycles. The van der Waals surface area contributed by atoms with Crippen molar-refractivity contribution in [2.45, 2.75) is 177 Å². The van der Waals surface area contributed by atoms with E-state index in [0.29, 0.717) is 5.92 Å². The van der Waals surface area contributed by atoms with E-state index in [1.807, 2.05) is 60.1 Å². The molecule has 670 valence electrons. The van der Waals surface area contributed by atoms with E-state index in [-0.39, 0.29) is 11.9 Å². The van der Waals surface area contributed by atoms with Gasteiger partial charge in [0.05, 0.1) is 93.7 Å². The number of ketones is 1. The quantitative estimate of drug-likeness (QED) is 0.0975. The maximum absolute atomic E-state index is 11.5. The van der Waals surface area contributed by atoms with Crippen LogP contribution >= 0.6 is 0 Å². The van der Waals surface area contributed by atoms with E-state index in [9.17, 15) is 4.79 Å². The van der Waals surface area contributed by atoms with Gasteiger partial charge in [-0.3, -0.25) is 9.69 Å². The highest BCUT2D eigenvalue weighted by Crippen LogP contribution is 2.43. The summed E-state index contributed by atoms with van der Waals surface area (Å²) in [5.74, 6) is 1.43. The summed E-state index contributed by atoms with van der Waals surface area (Å²) in [6.45, 7) is 27.5. The van der Waals surface area contributed by atoms with Crippen LogP contribution in [-0.2, 0) is 70.4 Å². The molecule has 1 atom stereocenters. The number of Topliss-reactive ketones (excluding diaryl/α,β-unsaturated/α-hetero) is 1. The normalized spacial score (nSPS) is 15.3. The van der Waals surface area contributed by atoms with Crippen LogP contribution in [0.2, 0.25) is 0 Å². The lowest BCUT2D eigenvalue weighted by Gasteiger charge is -2.26. The number of rotatable bonds is 15. The Labute approximate surface area is 774 Å². The minimum Gasteiger partial charge on any atom is -0.379 e. The van der Waals surface area contributed by atoms with E-state index in [1.54, 1.807) is 23.1 Å². The SMILES string of the molecule is C1=Cc2cc(-n3nccc3CN3CCOCC3)ccc2C1.CC(=O)C(N)c1ccnn1-c1ccc2c(c1)C=C(C)C2.CC1=C(C)c2cc(-n3nccc3-c3ccc(C)cc3)ccc2C1.CC1=C(C)c2cc(-n3nccc3-c3ccc(C4CC4)cc3)ccc2C1.CC1=Cc2cc(-n3nccc3C3CCCC3)ccc2C1.Cc1cc2cc(-n3nccc3C(C)(C)N)ccc2n1C.O=C=O. The fraction of sp³-hybridized carbons (Fsp3) is 0.286. The van der Waals surface area contributed by atoms with Gasteiger partial charge in [-0.1, -0.05) is 144 Å². The Kier molecular flexibility index (Phi) is 26.9. The van der Waals surface area contributed by atoms with Gasteiger partial charge in [-0.15, -0.1) is 0 Å². The Hall–Kier alpha value is -13.9. The summed E-state index contributed by atoms with van der Waals surface area (Å²) >= 11 is 0. The van der Waals surface area contributed by atoms with E-state index in [4.69, 9.17) is 25.8 Å². The average molecular weight is 1750 g/mol. The van der Waals surface area contributed by atoms with E-state index >= 15 is 0 Å².